The average Bonchev–Trinajstić information content (AvgIpc) is 2.90. The van der Waals surface area contributed by atoms with Gasteiger partial charge in [0.15, 0.2) is 0 Å². The van der Waals surface area contributed by atoms with Crippen molar-refractivity contribution < 1.29 is 0 Å². The molecular formula is C13H8N4. The van der Waals surface area contributed by atoms with Gasteiger partial charge < -0.3 is 4.57 Å². The number of para-hydroxylation sites is 1. The topological polar surface area (TPSA) is 65.4 Å². The van der Waals surface area contributed by atoms with Gasteiger partial charge in [-0.15, -0.1) is 0 Å². The number of allylic oxidation sites excluding steroid dienone is 1. The molecule has 0 spiro atoms. The van der Waals surface area contributed by atoms with Crippen LogP contribution in [0, 0.1) is 22.7 Å². The van der Waals surface area contributed by atoms with Gasteiger partial charge in [0.2, 0.25) is 0 Å². The zero-order chi connectivity index (χ0) is 12.1. The Morgan fingerprint density at radius 2 is 2.00 bits per heavy atom. The Bertz CT molecular complexity index is 608. The maximum Gasteiger partial charge on any atom is 0.130 e. The van der Waals surface area contributed by atoms with Gasteiger partial charge in [-0.05, 0) is 12.1 Å². The smallest absolute Gasteiger partial charge is 0.130 e. The Kier molecular flexibility index (Phi) is 3.00. The van der Waals surface area contributed by atoms with Crippen molar-refractivity contribution in [2.45, 2.75) is 0 Å². The maximum atomic E-state index is 8.75. The van der Waals surface area contributed by atoms with Gasteiger partial charge in [0.05, 0.1) is 12.0 Å². The molecule has 0 bridgehead atoms. The molecule has 2 rings (SSSR count). The molecule has 0 N–H and O–H groups in total. The van der Waals surface area contributed by atoms with Crippen molar-refractivity contribution in [3.8, 4) is 17.8 Å². The van der Waals surface area contributed by atoms with Crippen LogP contribution in [0.5, 0.6) is 0 Å². The molecular weight excluding hydrogens is 212 g/mol. The van der Waals surface area contributed by atoms with Crippen molar-refractivity contribution in [3.63, 3.8) is 0 Å². The zero-order valence-corrected chi connectivity index (χ0v) is 8.91. The monoisotopic (exact) mass is 220 g/mol. The van der Waals surface area contributed by atoms with Crippen LogP contribution < -0.4 is 0 Å². The van der Waals surface area contributed by atoms with Crippen LogP contribution in [0.25, 0.3) is 11.8 Å². The van der Waals surface area contributed by atoms with Crippen LogP contribution in [0.3, 0.4) is 0 Å². The minimum atomic E-state index is 0.0811. The lowest BCUT2D eigenvalue weighted by molar-refractivity contribution is 1.05. The van der Waals surface area contributed by atoms with Gasteiger partial charge >= 0.3 is 0 Å². The number of imidazole rings is 1. The average molecular weight is 220 g/mol. The van der Waals surface area contributed by atoms with Crippen LogP contribution in [0.2, 0.25) is 0 Å². The van der Waals surface area contributed by atoms with E-state index in [1.807, 2.05) is 47.2 Å². The Morgan fingerprint density at radius 1 is 1.24 bits per heavy atom. The van der Waals surface area contributed by atoms with E-state index < -0.39 is 0 Å². The second-order valence-electron chi connectivity index (χ2n) is 3.31. The minimum Gasteiger partial charge on any atom is -0.306 e. The highest BCUT2D eigenvalue weighted by Crippen LogP contribution is 2.17. The normalized spacial score (nSPS) is 9.06. The number of hydrogen-bond donors (Lipinski definition) is 0. The van der Waals surface area contributed by atoms with Gasteiger partial charge in [0, 0.05) is 18.0 Å². The molecule has 0 saturated heterocycles. The van der Waals surface area contributed by atoms with E-state index in [4.69, 9.17) is 10.5 Å². The van der Waals surface area contributed by atoms with Crippen molar-refractivity contribution in [3.05, 3.63) is 54.1 Å². The summed E-state index contributed by atoms with van der Waals surface area (Å²) in [5.41, 5.74) is 1.77. The molecule has 0 unspecified atom stereocenters. The molecule has 0 atom stereocenters. The van der Waals surface area contributed by atoms with Gasteiger partial charge in [-0.3, -0.25) is 0 Å². The Hall–Kier alpha value is -2.85. The van der Waals surface area contributed by atoms with Gasteiger partial charge in [0.1, 0.15) is 17.7 Å². The standard InChI is InChI=1S/C13H8N4/c14-8-11(9-15)7-12-3-1-2-4-13(12)17-6-5-16-10-17/h1-7,10H. The summed E-state index contributed by atoms with van der Waals surface area (Å²) in [5.74, 6) is 0. The molecule has 0 aliphatic heterocycles. The summed E-state index contributed by atoms with van der Waals surface area (Å²) in [7, 11) is 0. The van der Waals surface area contributed by atoms with Crippen LogP contribution in [0.1, 0.15) is 5.56 Å². The van der Waals surface area contributed by atoms with Crippen molar-refractivity contribution >= 4 is 6.08 Å². The fourth-order valence-corrected chi connectivity index (χ4v) is 1.49. The molecule has 0 amide bonds. The molecule has 17 heavy (non-hydrogen) atoms. The van der Waals surface area contributed by atoms with E-state index in [1.54, 1.807) is 18.6 Å². The molecule has 4 heteroatoms. The van der Waals surface area contributed by atoms with Crippen molar-refractivity contribution in [2.24, 2.45) is 0 Å². The van der Waals surface area contributed by atoms with E-state index in [2.05, 4.69) is 4.98 Å². The van der Waals surface area contributed by atoms with E-state index in [-0.39, 0.29) is 5.57 Å². The highest BCUT2D eigenvalue weighted by atomic mass is 15.0. The van der Waals surface area contributed by atoms with Gasteiger partial charge in [-0.25, -0.2) is 4.98 Å². The first-order chi connectivity index (χ1) is 8.35. The maximum absolute atomic E-state index is 8.75. The molecule has 80 valence electrons. The number of aromatic nitrogens is 2. The summed E-state index contributed by atoms with van der Waals surface area (Å²) in [6.07, 6.45) is 6.72. The van der Waals surface area contributed by atoms with Crippen molar-refractivity contribution in [1.82, 2.24) is 9.55 Å². The predicted molar refractivity (Wildman–Crippen MR) is 62.8 cm³/mol. The van der Waals surface area contributed by atoms with E-state index in [1.165, 1.54) is 0 Å². The number of nitriles is 2. The molecule has 0 aliphatic carbocycles. The summed E-state index contributed by atoms with van der Waals surface area (Å²) in [6.45, 7) is 0. The van der Waals surface area contributed by atoms with Crippen molar-refractivity contribution in [2.75, 3.05) is 0 Å². The molecule has 4 nitrogen and oxygen atoms in total. The van der Waals surface area contributed by atoms with Crippen LogP contribution >= 0.6 is 0 Å². The van der Waals surface area contributed by atoms with Crippen molar-refractivity contribution in [1.29, 1.82) is 10.5 Å². The molecule has 1 aromatic heterocycles. The molecule has 0 saturated carbocycles. The third-order valence-electron chi connectivity index (χ3n) is 2.26. The third kappa shape index (κ3) is 2.22. The quantitative estimate of drug-likeness (QED) is 0.729. The largest absolute Gasteiger partial charge is 0.306 e. The fourth-order valence-electron chi connectivity index (χ4n) is 1.49. The minimum absolute atomic E-state index is 0.0811. The summed E-state index contributed by atoms with van der Waals surface area (Å²) in [4.78, 5) is 3.97. The summed E-state index contributed by atoms with van der Waals surface area (Å²) >= 11 is 0. The van der Waals surface area contributed by atoms with E-state index in [9.17, 15) is 0 Å². The van der Waals surface area contributed by atoms with Gasteiger partial charge in [-0.1, -0.05) is 18.2 Å². The lowest BCUT2D eigenvalue weighted by Gasteiger charge is -2.05. The fraction of sp³-hybridized carbons (Fsp3) is 0. The molecule has 0 radical (unpaired) electrons. The number of hydrogen-bond acceptors (Lipinski definition) is 3. The SMILES string of the molecule is N#CC(C#N)=Cc1ccccc1-n1ccnc1. The Labute approximate surface area is 98.7 Å². The highest BCUT2D eigenvalue weighted by molar-refractivity contribution is 5.68. The molecule has 1 aromatic carbocycles. The first-order valence-electron chi connectivity index (χ1n) is 4.94. The van der Waals surface area contributed by atoms with Gasteiger partial charge in [0.25, 0.3) is 0 Å². The Balaban J connectivity index is 2.54. The molecule has 0 fully saturated rings. The first kappa shape index (κ1) is 10.7. The second kappa shape index (κ2) is 4.78. The van der Waals surface area contributed by atoms with Crippen LogP contribution in [0.4, 0.5) is 0 Å². The first-order valence-corrected chi connectivity index (χ1v) is 4.94. The molecule has 2 aromatic rings. The Morgan fingerprint density at radius 3 is 2.65 bits per heavy atom. The second-order valence-corrected chi connectivity index (χ2v) is 3.31. The summed E-state index contributed by atoms with van der Waals surface area (Å²) in [5, 5.41) is 17.5. The zero-order valence-electron chi connectivity index (χ0n) is 8.91. The molecule has 0 aliphatic rings. The van der Waals surface area contributed by atoms with E-state index >= 15 is 0 Å². The molecule has 1 heterocycles. The third-order valence-corrected chi connectivity index (χ3v) is 2.26. The van der Waals surface area contributed by atoms with E-state index in [0.717, 1.165) is 11.3 Å². The highest BCUT2D eigenvalue weighted by Gasteiger charge is 2.02. The van der Waals surface area contributed by atoms with E-state index in [0.29, 0.717) is 0 Å². The lowest BCUT2D eigenvalue weighted by atomic mass is 10.1. The number of nitrogens with zero attached hydrogens (tertiary/aromatic N) is 4. The number of benzene rings is 1. The van der Waals surface area contributed by atoms with Crippen LogP contribution in [0.15, 0.2) is 48.6 Å². The van der Waals surface area contributed by atoms with Gasteiger partial charge in [-0.2, -0.15) is 10.5 Å². The van der Waals surface area contributed by atoms with Crippen LogP contribution in [-0.4, -0.2) is 9.55 Å². The number of rotatable bonds is 2. The van der Waals surface area contributed by atoms with Crippen LogP contribution in [-0.2, 0) is 0 Å². The summed E-state index contributed by atoms with van der Waals surface area (Å²) in [6, 6.07) is 11.2. The summed E-state index contributed by atoms with van der Waals surface area (Å²) < 4.78 is 1.83. The predicted octanol–water partition coefficient (Wildman–Crippen LogP) is 2.30. The lowest BCUT2D eigenvalue weighted by Crippen LogP contribution is -1.93.